The number of carbonyl (C=O) groups excluding carboxylic acids is 1. The van der Waals surface area contributed by atoms with E-state index in [1.807, 2.05) is 25.1 Å². The van der Waals surface area contributed by atoms with Crippen LogP contribution in [0.5, 0.6) is 0 Å². The zero-order chi connectivity index (χ0) is 15.4. The number of carbonyl (C=O) groups is 1. The first-order chi connectivity index (χ1) is 9.94. The fourth-order valence-corrected chi connectivity index (χ4v) is 2.92. The second-order valence-electron chi connectivity index (χ2n) is 5.78. The average molecular weight is 391 g/mol. The van der Waals surface area contributed by atoms with Gasteiger partial charge in [-0.15, -0.1) is 0 Å². The summed E-state index contributed by atoms with van der Waals surface area (Å²) in [5.74, 6) is 0.0588. The summed E-state index contributed by atoms with van der Waals surface area (Å²) >= 11 is 3.46. The number of halogens is 2. The summed E-state index contributed by atoms with van der Waals surface area (Å²) < 4.78 is 6.75. The molecule has 1 aliphatic heterocycles. The van der Waals surface area contributed by atoms with E-state index >= 15 is 0 Å². The molecule has 4 nitrogen and oxygen atoms in total. The van der Waals surface area contributed by atoms with Gasteiger partial charge in [-0.1, -0.05) is 15.9 Å². The van der Waals surface area contributed by atoms with Gasteiger partial charge in [0.05, 0.1) is 12.2 Å². The average Bonchev–Trinajstić information content (AvgIpc) is 2.40. The lowest BCUT2D eigenvalue weighted by Gasteiger charge is -2.35. The van der Waals surface area contributed by atoms with E-state index in [9.17, 15) is 4.79 Å². The molecular weight excluding hydrogens is 368 g/mol. The molecule has 2 unspecified atom stereocenters. The van der Waals surface area contributed by atoms with E-state index in [0.717, 1.165) is 35.4 Å². The number of amides is 1. The molecule has 1 N–H and O–H groups in total. The van der Waals surface area contributed by atoms with Gasteiger partial charge in [-0.3, -0.25) is 9.69 Å². The Kier molecular flexibility index (Phi) is 7.83. The molecule has 2 rings (SSSR count). The second kappa shape index (κ2) is 8.87. The maximum Gasteiger partial charge on any atom is 0.225 e. The molecule has 1 saturated heterocycles. The highest BCUT2D eigenvalue weighted by atomic mass is 79.9. The minimum atomic E-state index is 0. The third kappa shape index (κ3) is 5.88. The van der Waals surface area contributed by atoms with Crippen LogP contribution in [0.3, 0.4) is 0 Å². The van der Waals surface area contributed by atoms with Crippen molar-refractivity contribution in [2.45, 2.75) is 39.4 Å². The van der Waals surface area contributed by atoms with Crippen LogP contribution in [0.4, 0.5) is 5.69 Å². The number of benzene rings is 1. The molecule has 124 valence electrons. The van der Waals surface area contributed by atoms with Gasteiger partial charge in [0.1, 0.15) is 0 Å². The highest BCUT2D eigenvalue weighted by Crippen LogP contribution is 2.20. The summed E-state index contributed by atoms with van der Waals surface area (Å²) in [6.07, 6.45) is 0.992. The molecule has 0 bridgehead atoms. The van der Waals surface area contributed by atoms with E-state index in [4.69, 9.17) is 4.74 Å². The number of nitrogens with zero attached hydrogens (tertiary/aromatic N) is 1. The Morgan fingerprint density at radius 2 is 2.00 bits per heavy atom. The Bertz CT molecular complexity index is 503. The van der Waals surface area contributed by atoms with E-state index in [-0.39, 0.29) is 30.5 Å². The molecule has 1 aromatic rings. The second-order valence-corrected chi connectivity index (χ2v) is 6.63. The van der Waals surface area contributed by atoms with Crippen molar-refractivity contribution in [3.8, 4) is 0 Å². The van der Waals surface area contributed by atoms with Crippen LogP contribution < -0.4 is 17.7 Å². The van der Waals surface area contributed by atoms with E-state index in [2.05, 4.69) is 40.0 Å². The number of nitrogens with one attached hydrogen (secondary N) is 1. The molecule has 2 atom stereocenters. The molecule has 0 aliphatic carbocycles. The SMILES string of the molecule is Cc1cc(NC(=O)CCN2CC(C)OC(C)C2)ccc1Br.[Cl-]. The van der Waals surface area contributed by atoms with Crippen LogP contribution in [0, 0.1) is 6.92 Å². The van der Waals surface area contributed by atoms with Gasteiger partial charge in [0.2, 0.25) is 5.91 Å². The highest BCUT2D eigenvalue weighted by molar-refractivity contribution is 9.10. The van der Waals surface area contributed by atoms with Gasteiger partial charge in [0, 0.05) is 36.2 Å². The summed E-state index contributed by atoms with van der Waals surface area (Å²) in [5.41, 5.74) is 1.97. The van der Waals surface area contributed by atoms with Crippen molar-refractivity contribution in [3.05, 3.63) is 28.2 Å². The highest BCUT2D eigenvalue weighted by Gasteiger charge is 2.22. The normalized spacial score (nSPS) is 22.0. The summed E-state index contributed by atoms with van der Waals surface area (Å²) in [7, 11) is 0. The maximum atomic E-state index is 12.0. The van der Waals surface area contributed by atoms with Gasteiger partial charge >= 0.3 is 0 Å². The minimum absolute atomic E-state index is 0. The number of ether oxygens (including phenoxy) is 1. The van der Waals surface area contributed by atoms with E-state index in [1.165, 1.54) is 0 Å². The van der Waals surface area contributed by atoms with Crippen molar-refractivity contribution in [3.63, 3.8) is 0 Å². The van der Waals surface area contributed by atoms with Crippen molar-refractivity contribution in [2.24, 2.45) is 0 Å². The summed E-state index contributed by atoms with van der Waals surface area (Å²) in [4.78, 5) is 14.3. The molecule has 1 aromatic carbocycles. The number of aryl methyl sites for hydroxylation is 1. The predicted octanol–water partition coefficient (Wildman–Crippen LogP) is 0.199. The van der Waals surface area contributed by atoms with E-state index in [0.29, 0.717) is 6.42 Å². The first-order valence-electron chi connectivity index (χ1n) is 7.38. The van der Waals surface area contributed by atoms with Gasteiger partial charge in [-0.2, -0.15) is 0 Å². The topological polar surface area (TPSA) is 41.6 Å². The zero-order valence-electron chi connectivity index (χ0n) is 13.2. The van der Waals surface area contributed by atoms with Gasteiger partial charge in [-0.05, 0) is 44.5 Å². The lowest BCUT2D eigenvalue weighted by Crippen LogP contribution is -3.00. The third-order valence-corrected chi connectivity index (χ3v) is 4.48. The van der Waals surface area contributed by atoms with Crippen LogP contribution in [-0.2, 0) is 9.53 Å². The molecule has 0 spiro atoms. The number of rotatable bonds is 4. The van der Waals surface area contributed by atoms with Crippen LogP contribution in [-0.4, -0.2) is 42.6 Å². The summed E-state index contributed by atoms with van der Waals surface area (Å²) in [6, 6.07) is 5.84. The quantitative estimate of drug-likeness (QED) is 0.798. The number of hydrogen-bond acceptors (Lipinski definition) is 3. The zero-order valence-corrected chi connectivity index (χ0v) is 15.6. The van der Waals surface area contributed by atoms with Crippen LogP contribution in [0.25, 0.3) is 0 Å². The van der Waals surface area contributed by atoms with Gasteiger partial charge in [-0.25, -0.2) is 0 Å². The van der Waals surface area contributed by atoms with Crippen molar-refractivity contribution in [2.75, 3.05) is 25.0 Å². The molecule has 1 fully saturated rings. The Morgan fingerprint density at radius 1 is 1.36 bits per heavy atom. The molecule has 1 amide bonds. The molecule has 1 aliphatic rings. The molecule has 6 heteroatoms. The number of hydrogen-bond donors (Lipinski definition) is 1. The molecule has 1 heterocycles. The van der Waals surface area contributed by atoms with Gasteiger partial charge in [0.15, 0.2) is 0 Å². The Morgan fingerprint density at radius 3 is 2.59 bits per heavy atom. The van der Waals surface area contributed by atoms with E-state index in [1.54, 1.807) is 0 Å². The first kappa shape index (κ1) is 19.4. The van der Waals surface area contributed by atoms with Crippen molar-refractivity contribution in [1.29, 1.82) is 0 Å². The van der Waals surface area contributed by atoms with Crippen LogP contribution in [0.15, 0.2) is 22.7 Å². The molecular formula is C16H23BrClN2O2-. The Hall–Kier alpha value is -0.620. The third-order valence-electron chi connectivity index (χ3n) is 3.59. The van der Waals surface area contributed by atoms with Gasteiger partial charge in [0.25, 0.3) is 0 Å². The minimum Gasteiger partial charge on any atom is -1.00 e. The smallest absolute Gasteiger partial charge is 0.225 e. The summed E-state index contributed by atoms with van der Waals surface area (Å²) in [6.45, 7) is 8.74. The van der Waals surface area contributed by atoms with E-state index < -0.39 is 0 Å². The summed E-state index contributed by atoms with van der Waals surface area (Å²) in [5, 5.41) is 2.95. The predicted molar refractivity (Wildman–Crippen MR) is 88.6 cm³/mol. The fraction of sp³-hybridized carbons (Fsp3) is 0.562. The molecule has 22 heavy (non-hydrogen) atoms. The van der Waals surface area contributed by atoms with Crippen LogP contribution in [0.1, 0.15) is 25.8 Å². The first-order valence-corrected chi connectivity index (χ1v) is 8.17. The molecule has 0 aromatic heterocycles. The maximum absolute atomic E-state index is 12.0. The number of anilines is 1. The van der Waals surface area contributed by atoms with Crippen molar-refractivity contribution < 1.29 is 21.9 Å². The van der Waals surface area contributed by atoms with Crippen LogP contribution >= 0.6 is 15.9 Å². The van der Waals surface area contributed by atoms with Crippen molar-refractivity contribution in [1.82, 2.24) is 4.90 Å². The lowest BCUT2D eigenvalue weighted by atomic mass is 10.2. The van der Waals surface area contributed by atoms with Crippen molar-refractivity contribution >= 4 is 27.5 Å². The molecule has 0 radical (unpaired) electrons. The van der Waals surface area contributed by atoms with Gasteiger partial charge < -0.3 is 22.5 Å². The Balaban J connectivity index is 0.00000242. The standard InChI is InChI=1S/C16H23BrN2O2.ClH/c1-11-8-14(4-5-15(11)17)18-16(20)6-7-19-9-12(2)21-13(3)10-19;/h4-5,8,12-13H,6-7,9-10H2,1-3H3,(H,18,20);1H/p-1. The fourth-order valence-electron chi connectivity index (χ4n) is 2.67. The number of morpholine rings is 1. The molecule has 0 saturated carbocycles. The Labute approximate surface area is 147 Å². The monoisotopic (exact) mass is 389 g/mol. The van der Waals surface area contributed by atoms with Crippen LogP contribution in [0.2, 0.25) is 0 Å². The lowest BCUT2D eigenvalue weighted by molar-refractivity contribution is -0.117. The largest absolute Gasteiger partial charge is 1.00 e.